The van der Waals surface area contributed by atoms with Gasteiger partial charge >= 0.3 is 0 Å². The van der Waals surface area contributed by atoms with Gasteiger partial charge in [0, 0.05) is 19.1 Å². The van der Waals surface area contributed by atoms with Gasteiger partial charge in [0.15, 0.2) is 0 Å². The molecule has 0 aromatic rings. The zero-order valence-electron chi connectivity index (χ0n) is 12.0. The highest BCUT2D eigenvalue weighted by molar-refractivity contribution is 4.68. The normalized spacial score (nSPS) is 20.1. The molecule has 1 heterocycles. The Morgan fingerprint density at radius 1 is 1.06 bits per heavy atom. The van der Waals surface area contributed by atoms with Gasteiger partial charge in [-0.3, -0.25) is 0 Å². The van der Waals surface area contributed by atoms with Gasteiger partial charge in [-0.15, -0.1) is 0 Å². The van der Waals surface area contributed by atoms with Crippen molar-refractivity contribution in [2.75, 3.05) is 26.2 Å². The van der Waals surface area contributed by atoms with E-state index in [9.17, 15) is 0 Å². The highest BCUT2D eigenvalue weighted by atomic mass is 15.1. The van der Waals surface area contributed by atoms with Gasteiger partial charge in [0.1, 0.15) is 0 Å². The first-order valence-corrected chi connectivity index (χ1v) is 7.82. The van der Waals surface area contributed by atoms with E-state index in [1.165, 1.54) is 77.5 Å². The zero-order chi connectivity index (χ0) is 12.3. The molecule has 2 nitrogen and oxygen atoms in total. The Bertz CT molecular complexity index is 162. The molecule has 0 aromatic heterocycles. The molecule has 1 fully saturated rings. The number of nitrogens with one attached hydrogen (secondary N) is 1. The molecule has 17 heavy (non-hydrogen) atoms. The average Bonchev–Trinajstić information content (AvgIpc) is 2.62. The lowest BCUT2D eigenvalue weighted by Crippen LogP contribution is -2.37. The number of nitrogens with zero attached hydrogens (tertiary/aromatic N) is 1. The van der Waals surface area contributed by atoms with E-state index in [0.29, 0.717) is 0 Å². The minimum atomic E-state index is 0.752. The van der Waals surface area contributed by atoms with E-state index in [2.05, 4.69) is 24.1 Å². The van der Waals surface area contributed by atoms with Crippen LogP contribution in [0.3, 0.4) is 0 Å². The van der Waals surface area contributed by atoms with Crippen LogP contribution in [0.2, 0.25) is 0 Å². The first kappa shape index (κ1) is 15.0. The number of unbranched alkanes of at least 4 members (excludes halogenated alkanes) is 1. The molecule has 0 amide bonds. The van der Waals surface area contributed by atoms with E-state index < -0.39 is 0 Å². The summed E-state index contributed by atoms with van der Waals surface area (Å²) in [6, 6.07) is 0.752. The maximum absolute atomic E-state index is 3.73. The minimum absolute atomic E-state index is 0.752. The summed E-state index contributed by atoms with van der Waals surface area (Å²) in [4.78, 5) is 2.65. The second-order valence-corrected chi connectivity index (χ2v) is 5.46. The standard InChI is InChI=1S/C15H32N2/c1-3-5-10-15(4-2)16-11-14-17-12-8-6-7-9-13-17/h15-16H,3-14H2,1-2H3. The molecule has 2 heteroatoms. The van der Waals surface area contributed by atoms with E-state index in [4.69, 9.17) is 0 Å². The van der Waals surface area contributed by atoms with Crippen LogP contribution in [0.5, 0.6) is 0 Å². The van der Waals surface area contributed by atoms with Crippen LogP contribution in [0.25, 0.3) is 0 Å². The predicted molar refractivity (Wildman–Crippen MR) is 76.5 cm³/mol. The Labute approximate surface area is 108 Å². The van der Waals surface area contributed by atoms with Gasteiger partial charge in [0.25, 0.3) is 0 Å². The van der Waals surface area contributed by atoms with Crippen molar-refractivity contribution >= 4 is 0 Å². The average molecular weight is 240 g/mol. The van der Waals surface area contributed by atoms with Crippen molar-refractivity contribution in [3.05, 3.63) is 0 Å². The molecule has 0 radical (unpaired) electrons. The van der Waals surface area contributed by atoms with Crippen LogP contribution in [0.4, 0.5) is 0 Å². The second kappa shape index (κ2) is 9.90. The van der Waals surface area contributed by atoms with Gasteiger partial charge in [0.05, 0.1) is 0 Å². The Hall–Kier alpha value is -0.0800. The maximum Gasteiger partial charge on any atom is 0.0107 e. The summed E-state index contributed by atoms with van der Waals surface area (Å²) in [5.74, 6) is 0. The van der Waals surface area contributed by atoms with Crippen molar-refractivity contribution in [2.45, 2.75) is 71.3 Å². The van der Waals surface area contributed by atoms with Crippen LogP contribution in [0.15, 0.2) is 0 Å². The van der Waals surface area contributed by atoms with Gasteiger partial charge in [-0.05, 0) is 38.8 Å². The minimum Gasteiger partial charge on any atom is -0.313 e. The number of likely N-dealkylation sites (tertiary alicyclic amines) is 1. The topological polar surface area (TPSA) is 15.3 Å². The molecule has 1 atom stereocenters. The molecule has 1 saturated heterocycles. The third-order valence-corrected chi connectivity index (χ3v) is 3.96. The molecule has 1 rings (SSSR count). The lowest BCUT2D eigenvalue weighted by Gasteiger charge is -2.22. The van der Waals surface area contributed by atoms with Crippen molar-refractivity contribution < 1.29 is 0 Å². The lowest BCUT2D eigenvalue weighted by molar-refractivity contribution is 0.276. The Kier molecular flexibility index (Phi) is 8.72. The SMILES string of the molecule is CCCCC(CC)NCCN1CCCCCC1. The summed E-state index contributed by atoms with van der Waals surface area (Å²) in [5.41, 5.74) is 0. The van der Waals surface area contributed by atoms with Crippen LogP contribution in [0.1, 0.15) is 65.2 Å². The first-order valence-electron chi connectivity index (χ1n) is 7.82. The van der Waals surface area contributed by atoms with E-state index in [-0.39, 0.29) is 0 Å². The quantitative estimate of drug-likeness (QED) is 0.699. The van der Waals surface area contributed by atoms with Gasteiger partial charge < -0.3 is 10.2 Å². The van der Waals surface area contributed by atoms with Crippen molar-refractivity contribution in [3.63, 3.8) is 0 Å². The van der Waals surface area contributed by atoms with Crippen molar-refractivity contribution in [1.82, 2.24) is 10.2 Å². The van der Waals surface area contributed by atoms with E-state index >= 15 is 0 Å². The summed E-state index contributed by atoms with van der Waals surface area (Å²) >= 11 is 0. The molecule has 1 aliphatic rings. The molecule has 102 valence electrons. The fourth-order valence-corrected chi connectivity index (χ4v) is 2.69. The summed E-state index contributed by atoms with van der Waals surface area (Å²) < 4.78 is 0. The largest absolute Gasteiger partial charge is 0.313 e. The second-order valence-electron chi connectivity index (χ2n) is 5.46. The van der Waals surface area contributed by atoms with Crippen molar-refractivity contribution in [1.29, 1.82) is 0 Å². The third kappa shape index (κ3) is 7.05. The number of hydrogen-bond acceptors (Lipinski definition) is 2. The molecular formula is C15H32N2. The van der Waals surface area contributed by atoms with Crippen LogP contribution in [-0.4, -0.2) is 37.1 Å². The summed E-state index contributed by atoms with van der Waals surface area (Å²) in [5, 5.41) is 3.73. The molecule has 0 bridgehead atoms. The first-order chi connectivity index (χ1) is 8.36. The Balaban J connectivity index is 2.07. The number of hydrogen-bond donors (Lipinski definition) is 1. The van der Waals surface area contributed by atoms with Crippen LogP contribution >= 0.6 is 0 Å². The summed E-state index contributed by atoms with van der Waals surface area (Å²) in [6.45, 7) is 9.68. The maximum atomic E-state index is 3.73. The van der Waals surface area contributed by atoms with Crippen LogP contribution in [-0.2, 0) is 0 Å². The predicted octanol–water partition coefficient (Wildman–Crippen LogP) is 3.42. The molecule has 0 aliphatic carbocycles. The smallest absolute Gasteiger partial charge is 0.0107 e. The number of rotatable bonds is 8. The molecule has 0 saturated carbocycles. The zero-order valence-corrected chi connectivity index (χ0v) is 12.0. The monoisotopic (exact) mass is 240 g/mol. The fraction of sp³-hybridized carbons (Fsp3) is 1.00. The molecule has 1 N–H and O–H groups in total. The fourth-order valence-electron chi connectivity index (χ4n) is 2.69. The van der Waals surface area contributed by atoms with Crippen LogP contribution in [0, 0.1) is 0 Å². The van der Waals surface area contributed by atoms with Crippen molar-refractivity contribution in [2.24, 2.45) is 0 Å². The summed E-state index contributed by atoms with van der Waals surface area (Å²) in [7, 11) is 0. The van der Waals surface area contributed by atoms with Gasteiger partial charge in [-0.2, -0.15) is 0 Å². The van der Waals surface area contributed by atoms with Crippen LogP contribution < -0.4 is 5.32 Å². The third-order valence-electron chi connectivity index (χ3n) is 3.96. The van der Waals surface area contributed by atoms with Gasteiger partial charge in [-0.25, -0.2) is 0 Å². The van der Waals surface area contributed by atoms with E-state index in [0.717, 1.165) is 6.04 Å². The lowest BCUT2D eigenvalue weighted by atomic mass is 10.1. The van der Waals surface area contributed by atoms with Gasteiger partial charge in [0.2, 0.25) is 0 Å². The molecule has 1 unspecified atom stereocenters. The van der Waals surface area contributed by atoms with Gasteiger partial charge in [-0.1, -0.05) is 39.5 Å². The Morgan fingerprint density at radius 3 is 2.35 bits per heavy atom. The Morgan fingerprint density at radius 2 is 1.76 bits per heavy atom. The molecule has 0 spiro atoms. The van der Waals surface area contributed by atoms with Crippen molar-refractivity contribution in [3.8, 4) is 0 Å². The van der Waals surface area contributed by atoms with E-state index in [1.54, 1.807) is 0 Å². The highest BCUT2D eigenvalue weighted by Gasteiger charge is 2.09. The molecule has 0 aromatic carbocycles. The highest BCUT2D eigenvalue weighted by Crippen LogP contribution is 2.09. The molecule has 1 aliphatic heterocycles. The summed E-state index contributed by atoms with van der Waals surface area (Å²) in [6.07, 6.45) is 11.0. The van der Waals surface area contributed by atoms with E-state index in [1.807, 2.05) is 0 Å². The molecular weight excluding hydrogens is 208 g/mol.